The van der Waals surface area contributed by atoms with E-state index in [1.807, 2.05) is 53.2 Å². The molecule has 0 radical (unpaired) electrons. The summed E-state index contributed by atoms with van der Waals surface area (Å²) in [6.45, 7) is 22.0. The lowest BCUT2D eigenvalue weighted by molar-refractivity contribution is 0.403. The molecular weight excluding hydrogens is 943 g/mol. The molecule has 15 heteroatoms. The summed E-state index contributed by atoms with van der Waals surface area (Å²) in [5.41, 5.74) is 3.56. The molecule has 0 unspecified atom stereocenters. The van der Waals surface area contributed by atoms with Gasteiger partial charge in [0.05, 0.1) is 19.7 Å². The molecule has 6 heterocycles. The summed E-state index contributed by atoms with van der Waals surface area (Å²) in [6, 6.07) is 37.7. The summed E-state index contributed by atoms with van der Waals surface area (Å²) in [5.74, 6) is -1.08. The van der Waals surface area contributed by atoms with Crippen molar-refractivity contribution in [3.05, 3.63) is 209 Å². The van der Waals surface area contributed by atoms with Gasteiger partial charge in [0, 0.05) is 43.9 Å². The third-order valence-electron chi connectivity index (χ3n) is 9.14. The van der Waals surface area contributed by atoms with E-state index in [0.29, 0.717) is 33.8 Å². The van der Waals surface area contributed by atoms with Crippen molar-refractivity contribution in [1.82, 2.24) is 0 Å². The van der Waals surface area contributed by atoms with Crippen LogP contribution in [0.4, 0.5) is 0 Å². The maximum absolute atomic E-state index is 9.64. The number of hydrogen-bond donors (Lipinski definition) is 6. The van der Waals surface area contributed by atoms with Gasteiger partial charge in [-0.25, -0.2) is 14.5 Å². The van der Waals surface area contributed by atoms with E-state index >= 15 is 0 Å². The monoisotopic (exact) mass is 975 g/mol. The molecule has 0 bridgehead atoms. The van der Waals surface area contributed by atoms with E-state index in [1.165, 1.54) is 67.2 Å². The zero-order valence-corrected chi connectivity index (χ0v) is 39.0. The van der Waals surface area contributed by atoms with Gasteiger partial charge in [-0.1, -0.05) is 54.6 Å². The van der Waals surface area contributed by atoms with Crippen molar-refractivity contribution in [3.63, 3.8) is 0 Å². The fraction of sp³-hybridized carbons (Fsp3) is 0. The molecule has 0 aliphatic heterocycles. The third-order valence-corrected chi connectivity index (χ3v) is 15.7. The Morgan fingerprint density at radius 1 is 0.348 bits per heavy atom. The number of thiophene rings is 6. The van der Waals surface area contributed by atoms with Gasteiger partial charge < -0.3 is 30.6 Å². The largest absolute Gasteiger partial charge is 0.504 e. The lowest BCUT2D eigenvalue weighted by Crippen LogP contribution is -1.76. The lowest BCUT2D eigenvalue weighted by Gasteiger charge is -2.00. The van der Waals surface area contributed by atoms with Gasteiger partial charge in [0.15, 0.2) is 34.5 Å². The highest BCUT2D eigenvalue weighted by Crippen LogP contribution is 2.41. The van der Waals surface area contributed by atoms with Crippen molar-refractivity contribution < 1.29 is 30.6 Å². The van der Waals surface area contributed by atoms with E-state index in [-0.39, 0.29) is 34.5 Å². The van der Waals surface area contributed by atoms with Gasteiger partial charge in [-0.15, -0.1) is 56.7 Å². The van der Waals surface area contributed by atoms with Crippen LogP contribution in [0.15, 0.2) is 144 Å². The summed E-state index contributed by atoms with van der Waals surface area (Å²) in [5, 5.41) is 62.5. The average molecular weight is 976 g/mol. The summed E-state index contributed by atoms with van der Waals surface area (Å²) < 4.78 is 0. The van der Waals surface area contributed by atoms with E-state index in [9.17, 15) is 30.6 Å². The molecule has 0 aliphatic carbocycles. The zero-order chi connectivity index (χ0) is 46.6. The van der Waals surface area contributed by atoms with E-state index < -0.39 is 0 Å². The minimum absolute atomic E-state index is 0.164. The number of phenolic OH excluding ortho intramolecular Hbond substituents is 6. The average Bonchev–Trinajstić information content (AvgIpc) is 4.17. The maximum Gasteiger partial charge on any atom is 0.204 e. The Labute approximate surface area is 404 Å². The number of phenols is 6. The molecule has 0 amide bonds. The summed E-state index contributed by atoms with van der Waals surface area (Å²) in [4.78, 5) is 20.4. The van der Waals surface area contributed by atoms with Crippen LogP contribution < -0.4 is 0 Å². The molecule has 66 heavy (non-hydrogen) atoms. The van der Waals surface area contributed by atoms with E-state index in [4.69, 9.17) is 19.7 Å². The lowest BCUT2D eigenvalue weighted by atomic mass is 10.1. The van der Waals surface area contributed by atoms with Gasteiger partial charge in [-0.2, -0.15) is 11.3 Å². The molecular formula is C51H33N3O6S6. The van der Waals surface area contributed by atoms with Crippen molar-refractivity contribution in [3.8, 4) is 63.8 Å². The molecule has 3 aromatic carbocycles. The van der Waals surface area contributed by atoms with Crippen molar-refractivity contribution in [2.75, 3.05) is 0 Å². The highest BCUT2D eigenvalue weighted by molar-refractivity contribution is 7.26. The molecule has 0 saturated carbocycles. The van der Waals surface area contributed by atoms with Crippen LogP contribution in [0.25, 0.3) is 79.1 Å². The molecule has 9 nitrogen and oxygen atoms in total. The van der Waals surface area contributed by atoms with Gasteiger partial charge in [0.1, 0.15) is 0 Å². The third kappa shape index (κ3) is 11.7. The first-order chi connectivity index (χ1) is 32.0. The SMILES string of the molecule is [C-]#[N+]/C(=C\c1ccc(O)c(O)c1)c1ccc(-c2ccc(-c3cccs3)s2)s1.[C-]#[N+]/C(=C\c1ccc(O)c(O)c1)c1ccc(-c2cccs2)s1.[C-]#[N+]/C(=C\c1ccc(O)c(O)c1)c1cccs1. The van der Waals surface area contributed by atoms with Gasteiger partial charge in [0.25, 0.3) is 0 Å². The molecule has 0 atom stereocenters. The van der Waals surface area contributed by atoms with Gasteiger partial charge in [-0.05, 0) is 124 Å². The van der Waals surface area contributed by atoms with Crippen molar-refractivity contribution >= 4 is 103 Å². The quantitative estimate of drug-likeness (QED) is 0.0630. The molecule has 0 spiro atoms. The Bertz CT molecular complexity index is 3320. The topological polar surface area (TPSA) is 134 Å². The summed E-state index contributed by atoms with van der Waals surface area (Å²) >= 11 is 9.77. The fourth-order valence-corrected chi connectivity index (χ4v) is 11.3. The molecule has 0 fully saturated rings. The Morgan fingerprint density at radius 3 is 1.06 bits per heavy atom. The number of rotatable bonds is 9. The second-order valence-electron chi connectivity index (χ2n) is 13.6. The first-order valence-corrected chi connectivity index (χ1v) is 24.4. The molecule has 6 aromatic heterocycles. The number of hydrogen-bond acceptors (Lipinski definition) is 12. The van der Waals surface area contributed by atoms with Crippen LogP contribution in [0, 0.1) is 19.7 Å². The zero-order valence-electron chi connectivity index (χ0n) is 34.1. The smallest absolute Gasteiger partial charge is 0.204 e. The Balaban J connectivity index is 0.000000151. The van der Waals surface area contributed by atoms with Crippen molar-refractivity contribution in [1.29, 1.82) is 0 Å². The summed E-state index contributed by atoms with van der Waals surface area (Å²) in [6.07, 6.45) is 5.10. The number of nitrogens with zero attached hydrogens (tertiary/aromatic N) is 3. The second-order valence-corrected chi connectivity index (χ2v) is 19.7. The van der Waals surface area contributed by atoms with Crippen LogP contribution in [0.1, 0.15) is 31.3 Å². The molecule has 0 saturated heterocycles. The maximum atomic E-state index is 9.64. The van der Waals surface area contributed by atoms with Crippen LogP contribution >= 0.6 is 68.0 Å². The van der Waals surface area contributed by atoms with E-state index in [2.05, 4.69) is 50.2 Å². The molecule has 9 rings (SSSR count). The number of benzene rings is 3. The number of aromatic hydroxyl groups is 6. The minimum Gasteiger partial charge on any atom is -0.504 e. The standard InChI is InChI=1S/C21H13NO2S3.C17H11NO2S2.C13H9NO2S/c1-22-14(11-13-4-5-15(23)16(24)12-13)17-6-7-20(26-17)21-9-8-19(27-21)18-3-2-10-25-18;1-18-12(9-11-4-5-13(19)14(20)10-11)15-6-7-17(22-15)16-3-2-8-21-16;1-14-10(13-3-2-6-17-13)7-9-4-5-11(15)12(16)8-9/h2-12,23-24H;2-10,19-20H;2-8,15-16H/b14-11-;12-9-;10-7-. The normalized spacial score (nSPS) is 11.3. The van der Waals surface area contributed by atoms with E-state index in [0.717, 1.165) is 24.4 Å². The highest BCUT2D eigenvalue weighted by Gasteiger charge is 2.13. The summed E-state index contributed by atoms with van der Waals surface area (Å²) in [7, 11) is 0. The predicted octanol–water partition coefficient (Wildman–Crippen LogP) is 15.9. The van der Waals surface area contributed by atoms with Crippen LogP contribution in [-0.4, -0.2) is 30.6 Å². The predicted molar refractivity (Wildman–Crippen MR) is 276 cm³/mol. The fourth-order valence-electron chi connectivity index (χ4n) is 5.92. The first-order valence-electron chi connectivity index (χ1n) is 19.3. The second kappa shape index (κ2) is 21.8. The van der Waals surface area contributed by atoms with E-state index in [1.54, 1.807) is 93.1 Å². The first kappa shape index (κ1) is 46.3. The Hall–Kier alpha value is -7.65. The van der Waals surface area contributed by atoms with Crippen LogP contribution in [0.3, 0.4) is 0 Å². The minimum atomic E-state index is -0.195. The van der Waals surface area contributed by atoms with Crippen molar-refractivity contribution in [2.45, 2.75) is 0 Å². The van der Waals surface area contributed by atoms with Crippen LogP contribution in [-0.2, 0) is 0 Å². The molecule has 9 aromatic rings. The van der Waals surface area contributed by atoms with Crippen LogP contribution in [0.5, 0.6) is 34.5 Å². The van der Waals surface area contributed by atoms with Crippen LogP contribution in [0.2, 0.25) is 0 Å². The molecule has 0 aliphatic rings. The van der Waals surface area contributed by atoms with Crippen molar-refractivity contribution in [2.24, 2.45) is 0 Å². The highest BCUT2D eigenvalue weighted by atomic mass is 32.1. The Morgan fingerprint density at radius 2 is 0.697 bits per heavy atom. The van der Waals surface area contributed by atoms with Gasteiger partial charge >= 0.3 is 0 Å². The Kier molecular flexibility index (Phi) is 15.3. The van der Waals surface area contributed by atoms with Gasteiger partial charge in [0.2, 0.25) is 17.1 Å². The molecule has 6 N–H and O–H groups in total. The van der Waals surface area contributed by atoms with Gasteiger partial charge in [-0.3, -0.25) is 0 Å². The molecule has 324 valence electrons.